The highest BCUT2D eigenvalue weighted by Gasteiger charge is 2.19. The summed E-state index contributed by atoms with van der Waals surface area (Å²) in [5, 5.41) is 6.53. The summed E-state index contributed by atoms with van der Waals surface area (Å²) < 4.78 is 1.06. The van der Waals surface area contributed by atoms with Crippen LogP contribution in [0.4, 0.5) is 0 Å². The van der Waals surface area contributed by atoms with Crippen molar-refractivity contribution in [3.8, 4) is 0 Å². The van der Waals surface area contributed by atoms with E-state index in [0.29, 0.717) is 0 Å². The largest absolute Gasteiger partial charge is 0.306 e. The van der Waals surface area contributed by atoms with Gasteiger partial charge in [-0.3, -0.25) is 0 Å². The first kappa shape index (κ1) is 15.0. The van der Waals surface area contributed by atoms with Gasteiger partial charge in [-0.2, -0.15) is 0 Å². The Labute approximate surface area is 132 Å². The van der Waals surface area contributed by atoms with Gasteiger partial charge in [-0.05, 0) is 54.6 Å². The van der Waals surface area contributed by atoms with Crippen molar-refractivity contribution in [2.45, 2.75) is 26.3 Å². The molecule has 0 bridgehead atoms. The zero-order valence-corrected chi connectivity index (χ0v) is 14.2. The van der Waals surface area contributed by atoms with Crippen LogP contribution in [0.5, 0.6) is 0 Å². The number of nitrogens with one attached hydrogen (secondary N) is 1. The molecule has 0 spiro atoms. The van der Waals surface area contributed by atoms with Gasteiger partial charge in [0.1, 0.15) is 0 Å². The Morgan fingerprint density at radius 1 is 1.37 bits per heavy atom. The van der Waals surface area contributed by atoms with Crippen LogP contribution in [-0.2, 0) is 0 Å². The van der Waals surface area contributed by atoms with Gasteiger partial charge in [0, 0.05) is 14.4 Å². The van der Waals surface area contributed by atoms with Gasteiger partial charge in [0.15, 0.2) is 0 Å². The van der Waals surface area contributed by atoms with E-state index in [0.717, 1.165) is 22.5 Å². The maximum atomic E-state index is 6.03. The zero-order valence-electron chi connectivity index (χ0n) is 11.0. The zero-order chi connectivity index (χ0) is 13.8. The SMILES string of the molecule is CCCNC(c1ccc(Cl)cc1Br)c1sccc1C. The van der Waals surface area contributed by atoms with Crippen LogP contribution in [0.25, 0.3) is 0 Å². The molecule has 1 aromatic heterocycles. The average Bonchev–Trinajstić information content (AvgIpc) is 2.78. The van der Waals surface area contributed by atoms with Crippen LogP contribution in [0, 0.1) is 6.92 Å². The Balaban J connectivity index is 2.40. The fourth-order valence-corrected chi connectivity index (χ4v) is 3.98. The summed E-state index contributed by atoms with van der Waals surface area (Å²) in [7, 11) is 0. The van der Waals surface area contributed by atoms with Crippen LogP contribution >= 0.6 is 38.9 Å². The number of hydrogen-bond acceptors (Lipinski definition) is 2. The molecule has 0 saturated carbocycles. The van der Waals surface area contributed by atoms with E-state index in [1.807, 2.05) is 12.1 Å². The molecule has 0 aliphatic rings. The summed E-state index contributed by atoms with van der Waals surface area (Å²) >= 11 is 11.5. The van der Waals surface area contributed by atoms with Gasteiger partial charge in [-0.15, -0.1) is 11.3 Å². The molecule has 1 unspecified atom stereocenters. The minimum absolute atomic E-state index is 0.228. The maximum Gasteiger partial charge on any atom is 0.0684 e. The van der Waals surface area contributed by atoms with Crippen molar-refractivity contribution < 1.29 is 0 Å². The van der Waals surface area contributed by atoms with E-state index >= 15 is 0 Å². The second-order valence-electron chi connectivity index (χ2n) is 4.52. The summed E-state index contributed by atoms with van der Waals surface area (Å²) in [6.45, 7) is 5.34. The number of hydrogen-bond donors (Lipinski definition) is 1. The minimum Gasteiger partial charge on any atom is -0.306 e. The van der Waals surface area contributed by atoms with Gasteiger partial charge < -0.3 is 5.32 Å². The molecule has 1 atom stereocenters. The van der Waals surface area contributed by atoms with Crippen molar-refractivity contribution in [2.75, 3.05) is 6.54 Å². The Morgan fingerprint density at radius 2 is 2.16 bits per heavy atom. The van der Waals surface area contributed by atoms with Crippen LogP contribution in [-0.4, -0.2) is 6.54 Å². The first-order valence-corrected chi connectivity index (χ1v) is 8.41. The van der Waals surface area contributed by atoms with E-state index in [1.54, 1.807) is 11.3 Å². The minimum atomic E-state index is 0.228. The van der Waals surface area contributed by atoms with Gasteiger partial charge in [-0.25, -0.2) is 0 Å². The molecule has 2 rings (SSSR count). The van der Waals surface area contributed by atoms with Crippen molar-refractivity contribution in [1.82, 2.24) is 5.32 Å². The third-order valence-electron chi connectivity index (χ3n) is 3.04. The summed E-state index contributed by atoms with van der Waals surface area (Å²) in [6.07, 6.45) is 1.12. The Morgan fingerprint density at radius 3 is 2.74 bits per heavy atom. The highest BCUT2D eigenvalue weighted by Crippen LogP contribution is 2.34. The summed E-state index contributed by atoms with van der Waals surface area (Å²) in [5.41, 5.74) is 2.57. The molecule has 0 amide bonds. The van der Waals surface area contributed by atoms with Gasteiger partial charge in [0.05, 0.1) is 6.04 Å². The van der Waals surface area contributed by atoms with Crippen molar-refractivity contribution in [1.29, 1.82) is 0 Å². The lowest BCUT2D eigenvalue weighted by molar-refractivity contribution is 0.602. The molecule has 1 N–H and O–H groups in total. The van der Waals surface area contributed by atoms with Gasteiger partial charge in [-0.1, -0.05) is 40.5 Å². The second kappa shape index (κ2) is 6.89. The Hall–Kier alpha value is -0.350. The molecular formula is C15H17BrClNS. The highest BCUT2D eigenvalue weighted by atomic mass is 79.9. The predicted molar refractivity (Wildman–Crippen MR) is 88.3 cm³/mol. The highest BCUT2D eigenvalue weighted by molar-refractivity contribution is 9.10. The van der Waals surface area contributed by atoms with Crippen LogP contribution < -0.4 is 5.32 Å². The van der Waals surface area contributed by atoms with Crippen molar-refractivity contribution in [3.63, 3.8) is 0 Å². The number of halogens is 2. The van der Waals surface area contributed by atoms with E-state index in [1.165, 1.54) is 16.0 Å². The third-order valence-corrected chi connectivity index (χ3v) is 5.04. The summed E-state index contributed by atoms with van der Waals surface area (Å²) in [4.78, 5) is 1.37. The van der Waals surface area contributed by atoms with Crippen LogP contribution in [0.2, 0.25) is 5.02 Å². The first-order valence-electron chi connectivity index (χ1n) is 6.35. The van der Waals surface area contributed by atoms with E-state index in [4.69, 9.17) is 11.6 Å². The third kappa shape index (κ3) is 3.60. The average molecular weight is 359 g/mol. The van der Waals surface area contributed by atoms with E-state index in [9.17, 15) is 0 Å². The molecule has 0 radical (unpaired) electrons. The molecule has 19 heavy (non-hydrogen) atoms. The molecular weight excluding hydrogens is 342 g/mol. The van der Waals surface area contributed by atoms with Crippen LogP contribution in [0.1, 0.15) is 35.4 Å². The predicted octanol–water partition coefficient (Wildman–Crippen LogP) is 5.56. The first-order chi connectivity index (χ1) is 9.13. The van der Waals surface area contributed by atoms with E-state index < -0.39 is 0 Å². The van der Waals surface area contributed by atoms with Crippen molar-refractivity contribution >= 4 is 38.9 Å². The number of aryl methyl sites for hydroxylation is 1. The Kier molecular flexibility index (Phi) is 5.46. The molecule has 0 aliphatic carbocycles. The normalized spacial score (nSPS) is 12.6. The van der Waals surface area contributed by atoms with Gasteiger partial charge in [0.2, 0.25) is 0 Å². The smallest absolute Gasteiger partial charge is 0.0684 e. The molecule has 1 nitrogen and oxygen atoms in total. The lowest BCUT2D eigenvalue weighted by Crippen LogP contribution is -2.23. The number of benzene rings is 1. The monoisotopic (exact) mass is 357 g/mol. The fourth-order valence-electron chi connectivity index (χ4n) is 2.05. The molecule has 0 aliphatic heterocycles. The molecule has 0 fully saturated rings. The second-order valence-corrected chi connectivity index (χ2v) is 6.76. The molecule has 1 aromatic carbocycles. The molecule has 102 valence electrons. The van der Waals surface area contributed by atoms with Crippen LogP contribution in [0.3, 0.4) is 0 Å². The molecule has 1 heterocycles. The summed E-state index contributed by atoms with van der Waals surface area (Å²) in [6, 6.07) is 8.40. The molecule has 4 heteroatoms. The number of thiophene rings is 1. The maximum absolute atomic E-state index is 6.03. The van der Waals surface area contributed by atoms with Gasteiger partial charge >= 0.3 is 0 Å². The van der Waals surface area contributed by atoms with Gasteiger partial charge in [0.25, 0.3) is 0 Å². The topological polar surface area (TPSA) is 12.0 Å². The summed E-state index contributed by atoms with van der Waals surface area (Å²) in [5.74, 6) is 0. The fraction of sp³-hybridized carbons (Fsp3) is 0.333. The quantitative estimate of drug-likeness (QED) is 0.737. The standard InChI is InChI=1S/C15H17BrClNS/c1-3-7-18-14(15-10(2)6-8-19-15)12-5-4-11(17)9-13(12)16/h4-6,8-9,14,18H,3,7H2,1-2H3. The van der Waals surface area contributed by atoms with Crippen molar-refractivity contribution in [3.05, 3.63) is 55.1 Å². The van der Waals surface area contributed by atoms with E-state index in [2.05, 4.69) is 52.6 Å². The number of rotatable bonds is 5. The van der Waals surface area contributed by atoms with Crippen LogP contribution in [0.15, 0.2) is 34.1 Å². The lowest BCUT2D eigenvalue weighted by atomic mass is 10.0. The van der Waals surface area contributed by atoms with E-state index in [-0.39, 0.29) is 6.04 Å². The Bertz CT molecular complexity index is 553. The van der Waals surface area contributed by atoms with Crippen molar-refractivity contribution in [2.24, 2.45) is 0 Å². The molecule has 0 saturated heterocycles. The molecule has 2 aromatic rings. The lowest BCUT2D eigenvalue weighted by Gasteiger charge is -2.20.